The number of aromatic nitrogens is 2. The van der Waals surface area contributed by atoms with Gasteiger partial charge >= 0.3 is 0 Å². The summed E-state index contributed by atoms with van der Waals surface area (Å²) in [7, 11) is 3.75. The van der Waals surface area contributed by atoms with E-state index in [9.17, 15) is 0 Å². The Morgan fingerprint density at radius 3 is 2.71 bits per heavy atom. The summed E-state index contributed by atoms with van der Waals surface area (Å²) in [5, 5.41) is 8.64. The molecule has 0 radical (unpaired) electrons. The van der Waals surface area contributed by atoms with Gasteiger partial charge in [-0.25, -0.2) is 9.97 Å². The molecule has 3 N–H and O–H groups in total. The molecule has 0 bridgehead atoms. The number of methoxy groups -OCH3 is 1. The Labute approximate surface area is 167 Å². The third-order valence-electron chi connectivity index (χ3n) is 4.77. The van der Waals surface area contributed by atoms with Crippen molar-refractivity contribution in [2.24, 2.45) is 0 Å². The Bertz CT molecular complexity index is 826. The number of hydrogen-bond donors (Lipinski definition) is 2. The molecule has 2 heterocycles. The molecule has 0 amide bonds. The second kappa shape index (κ2) is 8.99. The van der Waals surface area contributed by atoms with E-state index in [0.717, 1.165) is 32.0 Å². The van der Waals surface area contributed by atoms with E-state index in [4.69, 9.17) is 20.6 Å². The van der Waals surface area contributed by atoms with Crippen LogP contribution in [0.15, 0.2) is 30.6 Å². The summed E-state index contributed by atoms with van der Waals surface area (Å²) in [5.74, 6) is 1.48. The first-order valence-electron chi connectivity index (χ1n) is 9.38. The first-order valence-corrected chi connectivity index (χ1v) is 9.38. The summed E-state index contributed by atoms with van der Waals surface area (Å²) < 4.78 is 10.9. The number of anilines is 2. The zero-order valence-electron chi connectivity index (χ0n) is 16.7. The van der Waals surface area contributed by atoms with Crippen LogP contribution in [0.25, 0.3) is 0 Å². The maximum Gasteiger partial charge on any atom is 0.132 e. The lowest BCUT2D eigenvalue weighted by Gasteiger charge is -2.33. The highest BCUT2D eigenvalue weighted by atomic mass is 16.5. The van der Waals surface area contributed by atoms with Crippen molar-refractivity contribution in [3.05, 3.63) is 41.9 Å². The van der Waals surface area contributed by atoms with Crippen molar-refractivity contribution in [1.82, 2.24) is 14.9 Å². The van der Waals surface area contributed by atoms with Crippen molar-refractivity contribution < 1.29 is 10.9 Å². The molecule has 1 aromatic carbocycles. The van der Waals surface area contributed by atoms with Crippen molar-refractivity contribution in [3.8, 4) is 5.75 Å². The van der Waals surface area contributed by atoms with Crippen LogP contribution in [0.4, 0.5) is 11.5 Å². The fourth-order valence-electron chi connectivity index (χ4n) is 3.16. The second-order valence-corrected chi connectivity index (χ2v) is 7.06. The molecule has 8 heteroatoms. The molecule has 1 aliphatic rings. The van der Waals surface area contributed by atoms with Crippen LogP contribution in [0.1, 0.15) is 19.6 Å². The Hall–Kier alpha value is -2.71. The third-order valence-corrected chi connectivity index (χ3v) is 4.77. The summed E-state index contributed by atoms with van der Waals surface area (Å²) in [5.41, 5.74) is 8.02. The molecule has 1 aliphatic heterocycles. The topological polar surface area (TPSA) is 101 Å². The van der Waals surface area contributed by atoms with Crippen molar-refractivity contribution in [3.63, 3.8) is 0 Å². The highest BCUT2D eigenvalue weighted by Gasteiger charge is 2.18. The summed E-state index contributed by atoms with van der Waals surface area (Å²) in [6.45, 7) is 6.20. The average molecular weight is 387 g/mol. The molecule has 1 aromatic heterocycles. The number of nitrogens with one attached hydrogen (secondary N) is 1. The number of nitrogen functional groups attached to an aromatic ring is 1. The molecule has 0 saturated carbocycles. The van der Waals surface area contributed by atoms with Gasteiger partial charge in [0.25, 0.3) is 0 Å². The van der Waals surface area contributed by atoms with E-state index in [1.807, 2.05) is 13.0 Å². The Kier molecular flexibility index (Phi) is 6.43. The van der Waals surface area contributed by atoms with Crippen LogP contribution in [-0.4, -0.2) is 73.6 Å². The molecule has 28 heavy (non-hydrogen) atoms. The fourth-order valence-corrected chi connectivity index (χ4v) is 3.16. The predicted molar refractivity (Wildman–Crippen MR) is 113 cm³/mol. The molecule has 0 aliphatic carbocycles. The lowest BCUT2D eigenvalue weighted by atomic mass is 10.0. The van der Waals surface area contributed by atoms with Gasteiger partial charge in [0, 0.05) is 52.0 Å². The van der Waals surface area contributed by atoms with Crippen LogP contribution in [0, 0.1) is 5.41 Å². The van der Waals surface area contributed by atoms with Gasteiger partial charge in [0.15, 0.2) is 0 Å². The van der Waals surface area contributed by atoms with Crippen LogP contribution in [0.5, 0.6) is 5.75 Å². The molecule has 1 atom stereocenters. The van der Waals surface area contributed by atoms with E-state index in [2.05, 4.69) is 26.8 Å². The molecular formula is C20H30N6O2. The summed E-state index contributed by atoms with van der Waals surface area (Å²) >= 11 is 0. The van der Waals surface area contributed by atoms with Gasteiger partial charge in [0.05, 0.1) is 18.0 Å². The van der Waals surface area contributed by atoms with Gasteiger partial charge in [-0.15, -0.1) is 0 Å². The van der Waals surface area contributed by atoms with Gasteiger partial charge in [0.1, 0.15) is 24.0 Å². The third kappa shape index (κ3) is 4.76. The molecule has 1 saturated heterocycles. The molecular weight excluding hydrogens is 356 g/mol. The summed E-state index contributed by atoms with van der Waals surface area (Å²) in [6, 6.07) is 7.19. The second-order valence-electron chi connectivity index (χ2n) is 7.06. The zero-order valence-corrected chi connectivity index (χ0v) is 16.7. The SMILES string of the molecule is COC[C@H](C)Oc1ccc(N)c(C(=N)c2cc(N3CCN(C)CC3)ncn2)c1.[HH]. The van der Waals surface area contributed by atoms with Crippen LogP contribution >= 0.6 is 0 Å². The van der Waals surface area contributed by atoms with Crippen LogP contribution < -0.4 is 15.4 Å². The predicted octanol–water partition coefficient (Wildman–Crippen LogP) is 1.89. The molecule has 0 unspecified atom stereocenters. The average Bonchev–Trinajstić information content (AvgIpc) is 2.70. The molecule has 2 aromatic rings. The number of benzene rings is 1. The number of hydrogen-bond acceptors (Lipinski definition) is 8. The zero-order chi connectivity index (χ0) is 20.1. The monoisotopic (exact) mass is 386 g/mol. The standard InChI is InChI=1S/C20H28N6O2.H2/c1-14(12-27-3)28-15-4-5-17(21)16(10-15)20(22)18-11-19(24-13-23-18)26-8-6-25(2)7-9-26;/h4-5,10-11,13-14,22H,6-9,12,21H2,1-3H3;1H/t14-;/m0./s1. The quantitative estimate of drug-likeness (QED) is 0.553. The first-order chi connectivity index (χ1) is 13.5. The molecule has 1 fully saturated rings. The van der Waals surface area contributed by atoms with Crippen molar-refractivity contribution in [1.29, 1.82) is 5.41 Å². The Morgan fingerprint density at radius 1 is 1.25 bits per heavy atom. The number of piperazine rings is 1. The largest absolute Gasteiger partial charge is 0.488 e. The van der Waals surface area contributed by atoms with E-state index in [-0.39, 0.29) is 13.2 Å². The normalized spacial score (nSPS) is 16.0. The maximum atomic E-state index is 8.64. The van der Waals surface area contributed by atoms with Gasteiger partial charge in [0.2, 0.25) is 0 Å². The highest BCUT2D eigenvalue weighted by molar-refractivity contribution is 6.13. The van der Waals surface area contributed by atoms with E-state index >= 15 is 0 Å². The lowest BCUT2D eigenvalue weighted by molar-refractivity contribution is 0.0921. The van der Waals surface area contributed by atoms with Gasteiger partial charge in [-0.2, -0.15) is 0 Å². The van der Waals surface area contributed by atoms with Crippen LogP contribution in [0.3, 0.4) is 0 Å². The van der Waals surface area contributed by atoms with E-state index in [0.29, 0.717) is 29.3 Å². The van der Waals surface area contributed by atoms with Crippen LogP contribution in [0.2, 0.25) is 0 Å². The van der Waals surface area contributed by atoms with Gasteiger partial charge < -0.3 is 25.0 Å². The van der Waals surface area contributed by atoms with Gasteiger partial charge in [-0.1, -0.05) is 0 Å². The first kappa shape index (κ1) is 20.0. The van der Waals surface area contributed by atoms with E-state index in [1.165, 1.54) is 6.33 Å². The van der Waals surface area contributed by atoms with Gasteiger partial charge in [-0.05, 0) is 32.2 Å². The number of nitrogens with zero attached hydrogens (tertiary/aromatic N) is 4. The number of likely N-dealkylation sites (N-methyl/N-ethyl adjacent to an activating group) is 1. The number of ether oxygens (including phenoxy) is 2. The maximum absolute atomic E-state index is 8.64. The van der Waals surface area contributed by atoms with Crippen molar-refractivity contribution in [2.45, 2.75) is 13.0 Å². The minimum absolute atomic E-state index is 0. The Morgan fingerprint density at radius 2 is 2.00 bits per heavy atom. The summed E-state index contributed by atoms with van der Waals surface area (Å²) in [4.78, 5) is 13.2. The van der Waals surface area contributed by atoms with Crippen molar-refractivity contribution >= 4 is 17.2 Å². The van der Waals surface area contributed by atoms with E-state index in [1.54, 1.807) is 25.3 Å². The van der Waals surface area contributed by atoms with Crippen LogP contribution in [-0.2, 0) is 4.74 Å². The fraction of sp³-hybridized carbons (Fsp3) is 0.450. The molecule has 8 nitrogen and oxygen atoms in total. The Balaban J connectivity index is 0.00000300. The smallest absolute Gasteiger partial charge is 0.132 e. The number of nitrogens with two attached hydrogens (primary N) is 1. The molecule has 152 valence electrons. The minimum atomic E-state index is -0.0986. The van der Waals surface area contributed by atoms with E-state index < -0.39 is 0 Å². The van der Waals surface area contributed by atoms with Gasteiger partial charge in [-0.3, -0.25) is 5.41 Å². The number of rotatable bonds is 7. The highest BCUT2D eigenvalue weighted by Crippen LogP contribution is 2.24. The minimum Gasteiger partial charge on any atom is -0.488 e. The van der Waals surface area contributed by atoms with Crippen molar-refractivity contribution in [2.75, 3.05) is 57.6 Å². The molecule has 0 spiro atoms. The molecule has 3 rings (SSSR count). The lowest BCUT2D eigenvalue weighted by Crippen LogP contribution is -2.44. The summed E-state index contributed by atoms with van der Waals surface area (Å²) in [6.07, 6.45) is 1.41.